The molecule has 2 nitrogen and oxygen atoms in total. The molecule has 0 radical (unpaired) electrons. The van der Waals surface area contributed by atoms with E-state index < -0.39 is 6.29 Å². The Morgan fingerprint density at radius 3 is 2.56 bits per heavy atom. The first-order valence-electron chi connectivity index (χ1n) is 2.30. The molecule has 0 N–H and O–H groups in total. The lowest BCUT2D eigenvalue weighted by molar-refractivity contribution is -0.379. The summed E-state index contributed by atoms with van der Waals surface area (Å²) in [5, 5.41) is 0. The van der Waals surface area contributed by atoms with Crippen LogP contribution in [-0.4, -0.2) is 20.0 Å². The molecule has 0 atom stereocenters. The third-order valence-electron chi connectivity index (χ3n) is 0.607. The Morgan fingerprint density at radius 2 is 2.22 bits per heavy atom. The molecule has 0 unspecified atom stereocenters. The quantitative estimate of drug-likeness (QED) is 0.431. The summed E-state index contributed by atoms with van der Waals surface area (Å²) in [7, 11) is 0.864. The first-order chi connectivity index (χ1) is 4.12. The van der Waals surface area contributed by atoms with Crippen LogP contribution >= 0.6 is 0 Å². The smallest absolute Gasteiger partial charge is 0.299 e. The van der Waals surface area contributed by atoms with Crippen molar-refractivity contribution in [1.29, 1.82) is 0 Å². The molecule has 0 amide bonds. The van der Waals surface area contributed by atoms with Gasteiger partial charge in [-0.2, -0.15) is 0 Å². The molecule has 0 saturated heterocycles. The van der Waals surface area contributed by atoms with Gasteiger partial charge in [0.05, 0.1) is 6.61 Å². The maximum Gasteiger partial charge on any atom is 0.485 e. The number of halogens is 2. The second-order valence-electron chi connectivity index (χ2n) is 1.27. The predicted octanol–water partition coefficient (Wildman–Crippen LogP) is 1.39. The molecule has 54 valence electrons. The highest BCUT2D eigenvalue weighted by molar-refractivity contribution is 4.63. The van der Waals surface area contributed by atoms with E-state index >= 15 is 0 Å². The van der Waals surface area contributed by atoms with Gasteiger partial charge in [-0.05, 0) is 0 Å². The Hall–Kier alpha value is -0.480. The van der Waals surface area contributed by atoms with E-state index in [0.29, 0.717) is 0 Å². The minimum Gasteiger partial charge on any atom is -0.299 e. The first kappa shape index (κ1) is 8.52. The fourth-order valence-corrected chi connectivity index (χ4v) is 0.215. The summed E-state index contributed by atoms with van der Waals surface area (Å²) in [4.78, 5) is 0. The molecule has 0 spiro atoms. The van der Waals surface area contributed by atoms with Gasteiger partial charge in [-0.1, -0.05) is 6.08 Å². The van der Waals surface area contributed by atoms with Crippen molar-refractivity contribution in [2.75, 3.05) is 13.7 Å². The van der Waals surface area contributed by atoms with E-state index in [0.717, 1.165) is 7.11 Å². The van der Waals surface area contributed by atoms with E-state index in [1.165, 1.54) is 6.08 Å². The molecular weight excluding hydrogens is 130 g/mol. The van der Waals surface area contributed by atoms with Crippen molar-refractivity contribution in [3.63, 3.8) is 0 Å². The van der Waals surface area contributed by atoms with Crippen LogP contribution in [0, 0.1) is 0 Å². The van der Waals surface area contributed by atoms with Crippen LogP contribution in [-0.2, 0) is 9.47 Å². The fourth-order valence-electron chi connectivity index (χ4n) is 0.215. The molecule has 9 heavy (non-hydrogen) atoms. The molecule has 0 saturated carbocycles. The van der Waals surface area contributed by atoms with Crippen molar-refractivity contribution in [3.05, 3.63) is 12.7 Å². The average molecular weight is 138 g/mol. The van der Waals surface area contributed by atoms with Crippen LogP contribution in [0.5, 0.6) is 0 Å². The third kappa shape index (κ3) is 4.05. The number of methoxy groups -OCH3 is 1. The number of alkyl halides is 2. The molecule has 0 fully saturated rings. The Bertz CT molecular complexity index is 93.0. The summed E-state index contributed by atoms with van der Waals surface area (Å²) >= 11 is 0. The summed E-state index contributed by atoms with van der Waals surface area (Å²) in [5.74, 6) is 0. The van der Waals surface area contributed by atoms with E-state index in [4.69, 9.17) is 0 Å². The molecule has 0 rings (SSSR count). The molecule has 0 aliphatic carbocycles. The van der Waals surface area contributed by atoms with Gasteiger partial charge in [0.15, 0.2) is 0 Å². The van der Waals surface area contributed by atoms with Crippen LogP contribution in [0.1, 0.15) is 0 Å². The summed E-state index contributed by atoms with van der Waals surface area (Å²) in [6.45, 7) is 2.96. The molecule has 0 heterocycles. The van der Waals surface area contributed by atoms with Gasteiger partial charge in [0.25, 0.3) is 0 Å². The highest BCUT2D eigenvalue weighted by Crippen LogP contribution is 2.14. The Morgan fingerprint density at radius 1 is 1.67 bits per heavy atom. The van der Waals surface area contributed by atoms with Crippen molar-refractivity contribution in [2.24, 2.45) is 0 Å². The number of hydrogen-bond acceptors (Lipinski definition) is 2. The minimum atomic E-state index is -3.48. The van der Waals surface area contributed by atoms with E-state index in [2.05, 4.69) is 16.1 Å². The Labute approximate surface area is 52.1 Å². The van der Waals surface area contributed by atoms with Crippen LogP contribution < -0.4 is 0 Å². The van der Waals surface area contributed by atoms with Gasteiger partial charge in [0.2, 0.25) is 0 Å². The van der Waals surface area contributed by atoms with Gasteiger partial charge in [0, 0.05) is 7.11 Å². The van der Waals surface area contributed by atoms with Crippen molar-refractivity contribution < 1.29 is 18.3 Å². The second-order valence-corrected chi connectivity index (χ2v) is 1.27. The molecule has 4 heteroatoms. The minimum absolute atomic E-state index is 0.221. The fraction of sp³-hybridized carbons (Fsp3) is 0.600. The zero-order valence-electron chi connectivity index (χ0n) is 5.06. The molecule has 0 bridgehead atoms. The molecule has 0 aliphatic heterocycles. The van der Waals surface area contributed by atoms with E-state index in [9.17, 15) is 8.78 Å². The summed E-state index contributed by atoms with van der Waals surface area (Å²) in [6, 6.07) is 0. The zero-order valence-corrected chi connectivity index (χ0v) is 5.06. The third-order valence-corrected chi connectivity index (χ3v) is 0.607. The molecule has 0 aromatic heterocycles. The lowest BCUT2D eigenvalue weighted by atomic mass is 10.7. The van der Waals surface area contributed by atoms with Crippen LogP contribution in [0.2, 0.25) is 0 Å². The maximum atomic E-state index is 11.8. The van der Waals surface area contributed by atoms with Crippen LogP contribution in [0.3, 0.4) is 0 Å². The van der Waals surface area contributed by atoms with Crippen LogP contribution in [0.15, 0.2) is 12.7 Å². The Kier molecular flexibility index (Phi) is 3.34. The lowest BCUT2D eigenvalue weighted by Gasteiger charge is -2.11. The van der Waals surface area contributed by atoms with E-state index in [1.54, 1.807) is 0 Å². The number of hydrogen-bond donors (Lipinski definition) is 0. The van der Waals surface area contributed by atoms with Crippen LogP contribution in [0.25, 0.3) is 0 Å². The van der Waals surface area contributed by atoms with Gasteiger partial charge >= 0.3 is 6.29 Å². The normalized spacial score (nSPS) is 11.4. The van der Waals surface area contributed by atoms with Gasteiger partial charge in [0.1, 0.15) is 0 Å². The highest BCUT2D eigenvalue weighted by atomic mass is 19.3. The SMILES string of the molecule is C=CCOC(F)(F)OC. The van der Waals surface area contributed by atoms with Crippen LogP contribution in [0.4, 0.5) is 8.78 Å². The summed E-state index contributed by atoms with van der Waals surface area (Å²) < 4.78 is 31.2. The number of ether oxygens (including phenoxy) is 2. The van der Waals surface area contributed by atoms with E-state index in [1.807, 2.05) is 0 Å². The lowest BCUT2D eigenvalue weighted by Crippen LogP contribution is -2.22. The second kappa shape index (κ2) is 3.53. The van der Waals surface area contributed by atoms with Crippen molar-refractivity contribution in [2.45, 2.75) is 6.29 Å². The molecule has 0 aromatic rings. The summed E-state index contributed by atoms with van der Waals surface area (Å²) in [6.07, 6.45) is -2.26. The van der Waals surface area contributed by atoms with Gasteiger partial charge in [-0.15, -0.1) is 15.4 Å². The standard InChI is InChI=1S/C5H8F2O2/c1-3-4-9-5(6,7)8-2/h3H,1,4H2,2H3. The first-order valence-corrected chi connectivity index (χ1v) is 2.30. The molecular formula is C5H8F2O2. The van der Waals surface area contributed by atoms with Gasteiger partial charge < -0.3 is 0 Å². The molecule has 0 aliphatic rings. The van der Waals surface area contributed by atoms with Crippen molar-refractivity contribution in [1.82, 2.24) is 0 Å². The zero-order chi connectivity index (χ0) is 7.33. The monoisotopic (exact) mass is 138 g/mol. The highest BCUT2D eigenvalue weighted by Gasteiger charge is 2.28. The maximum absolute atomic E-state index is 11.8. The predicted molar refractivity (Wildman–Crippen MR) is 28.1 cm³/mol. The molecule has 0 aromatic carbocycles. The Balaban J connectivity index is 3.44. The number of rotatable bonds is 4. The topological polar surface area (TPSA) is 18.5 Å². The average Bonchev–Trinajstić information content (AvgIpc) is 1.84. The largest absolute Gasteiger partial charge is 0.485 e. The van der Waals surface area contributed by atoms with E-state index in [-0.39, 0.29) is 6.61 Å². The van der Waals surface area contributed by atoms with Crippen molar-refractivity contribution in [3.8, 4) is 0 Å². The van der Waals surface area contributed by atoms with Gasteiger partial charge in [-0.25, -0.2) is 0 Å². The van der Waals surface area contributed by atoms with Crippen molar-refractivity contribution >= 4 is 0 Å². The summed E-state index contributed by atoms with van der Waals surface area (Å²) in [5.41, 5.74) is 0. The van der Waals surface area contributed by atoms with Gasteiger partial charge in [-0.3, -0.25) is 9.47 Å².